The van der Waals surface area contributed by atoms with Gasteiger partial charge in [-0.3, -0.25) is 4.57 Å². The average molecular weight is 164 g/mol. The fourth-order valence-corrected chi connectivity index (χ4v) is 0. The van der Waals surface area contributed by atoms with Crippen molar-refractivity contribution in [3.05, 3.63) is 0 Å². The van der Waals surface area contributed by atoms with Gasteiger partial charge in [0.05, 0.1) is 0 Å². The highest BCUT2D eigenvalue weighted by Crippen LogP contribution is 2.11. The molecule has 6 nitrogen and oxygen atoms in total. The highest BCUT2D eigenvalue weighted by atomic mass is 31.2. The molecule has 0 amide bonds. The second-order valence-electron chi connectivity index (χ2n) is 0.551. The Morgan fingerprint density at radius 3 is 1.12 bits per heavy atom. The van der Waals surface area contributed by atoms with Crippen molar-refractivity contribution in [1.29, 1.82) is 0 Å². The maximum absolute atomic E-state index is 8.74. The molecule has 0 aliphatic heterocycles. The Kier molecular flexibility index (Phi) is 10.5. The van der Waals surface area contributed by atoms with E-state index in [9.17, 15) is 0 Å². The van der Waals surface area contributed by atoms with E-state index in [1.165, 1.54) is 0 Å². The normalized spacial score (nSPS) is 8.88. The van der Waals surface area contributed by atoms with Gasteiger partial charge in [0.25, 0.3) is 0 Å². The van der Waals surface area contributed by atoms with Crippen LogP contribution in [0.15, 0.2) is 0 Å². The van der Waals surface area contributed by atoms with E-state index in [2.05, 4.69) is 0 Å². The molecule has 0 rings (SSSR count). The molecule has 0 radical (unpaired) electrons. The standard InChI is InChI=1S/2H3O3P/c2*1-4(2)3/h4H,(H2,1,2,3);1-3H. The van der Waals surface area contributed by atoms with E-state index in [0.29, 0.717) is 0 Å². The summed E-state index contributed by atoms with van der Waals surface area (Å²) in [7, 11) is -5.75. The van der Waals surface area contributed by atoms with Crippen molar-refractivity contribution in [2.75, 3.05) is 0 Å². The molecule has 0 aromatic heterocycles. The molecule has 8 heavy (non-hydrogen) atoms. The Balaban J connectivity index is 0. The van der Waals surface area contributed by atoms with Crippen molar-refractivity contribution in [3.63, 3.8) is 0 Å². The molecule has 0 atom stereocenters. The molecule has 0 spiro atoms. The molecule has 0 aromatic rings. The van der Waals surface area contributed by atoms with Crippen LogP contribution >= 0.6 is 16.9 Å². The van der Waals surface area contributed by atoms with Crippen LogP contribution in [0.5, 0.6) is 0 Å². The summed E-state index contributed by atoms with van der Waals surface area (Å²) < 4.78 is 8.74. The molecule has 0 fully saturated rings. The first-order valence-electron chi connectivity index (χ1n) is 1.25. The Labute approximate surface area is 47.0 Å². The van der Waals surface area contributed by atoms with Crippen molar-refractivity contribution in [1.82, 2.24) is 0 Å². The average Bonchev–Trinajstić information content (AvgIpc) is 1.25. The maximum atomic E-state index is 8.74. The Morgan fingerprint density at radius 2 is 1.12 bits per heavy atom. The number of hydrogen-bond donors (Lipinski definition) is 5. The third-order valence-electron chi connectivity index (χ3n) is 0. The van der Waals surface area contributed by atoms with Crippen molar-refractivity contribution in [2.24, 2.45) is 0 Å². The lowest BCUT2D eigenvalue weighted by Crippen LogP contribution is -1.54. The van der Waals surface area contributed by atoms with Gasteiger partial charge >= 0.3 is 16.9 Å². The summed E-state index contributed by atoms with van der Waals surface area (Å²) in [6.07, 6.45) is 0. The fraction of sp³-hybridized carbons (Fsp3) is 0. The second-order valence-corrected chi connectivity index (χ2v) is 1.65. The first-order valence-corrected chi connectivity index (χ1v) is 3.75. The SMILES string of the molecule is O=[PH](O)O.OP(O)O. The predicted molar refractivity (Wildman–Crippen MR) is 27.0 cm³/mol. The van der Waals surface area contributed by atoms with Crippen molar-refractivity contribution in [2.45, 2.75) is 0 Å². The Morgan fingerprint density at radius 1 is 1.12 bits per heavy atom. The summed E-state index contributed by atoms with van der Waals surface area (Å²) in [5.41, 5.74) is 0. The molecule has 0 aliphatic carbocycles. The summed E-state index contributed by atoms with van der Waals surface area (Å²) in [4.78, 5) is 36.0. The van der Waals surface area contributed by atoms with Gasteiger partial charge in [-0.05, 0) is 0 Å². The van der Waals surface area contributed by atoms with Crippen LogP contribution in [0.25, 0.3) is 0 Å². The van der Waals surface area contributed by atoms with E-state index < -0.39 is 16.9 Å². The summed E-state index contributed by atoms with van der Waals surface area (Å²) in [5.74, 6) is 0. The lowest BCUT2D eigenvalue weighted by molar-refractivity contribution is 0.368. The molecule has 0 saturated carbocycles. The monoisotopic (exact) mass is 164 g/mol. The lowest BCUT2D eigenvalue weighted by atomic mass is 15.8. The van der Waals surface area contributed by atoms with Crippen LogP contribution in [0.4, 0.5) is 0 Å². The third kappa shape index (κ3) is 910. The molecule has 0 heterocycles. The van der Waals surface area contributed by atoms with Crippen molar-refractivity contribution >= 4 is 16.9 Å². The molecule has 5 N–H and O–H groups in total. The Bertz CT molecular complexity index is 50.8. The van der Waals surface area contributed by atoms with E-state index in [4.69, 9.17) is 29.0 Å². The smallest absolute Gasteiger partial charge is 0.324 e. The molecule has 0 aromatic carbocycles. The van der Waals surface area contributed by atoms with Crippen molar-refractivity contribution < 1.29 is 29.0 Å². The minimum Gasteiger partial charge on any atom is -0.328 e. The molecule has 0 aliphatic rings. The van der Waals surface area contributed by atoms with Crippen LogP contribution < -0.4 is 0 Å². The maximum Gasteiger partial charge on any atom is 0.324 e. The van der Waals surface area contributed by atoms with Gasteiger partial charge in [0.15, 0.2) is 0 Å². The van der Waals surface area contributed by atoms with Gasteiger partial charge in [-0.25, -0.2) is 0 Å². The molecule has 0 unspecified atom stereocenters. The van der Waals surface area contributed by atoms with Gasteiger partial charge in [-0.2, -0.15) is 0 Å². The predicted octanol–water partition coefficient (Wildman–Crippen LogP) is -1.45. The molecule has 52 valence electrons. The first kappa shape index (κ1) is 11.3. The zero-order valence-electron chi connectivity index (χ0n) is 3.59. The summed E-state index contributed by atoms with van der Waals surface area (Å²) in [5, 5.41) is 0. The van der Waals surface area contributed by atoms with Crippen LogP contribution in [0.3, 0.4) is 0 Å². The van der Waals surface area contributed by atoms with E-state index >= 15 is 0 Å². The second kappa shape index (κ2) is 7.46. The molecule has 0 saturated heterocycles. The Hall–Kier alpha value is 0.460. The fourth-order valence-electron chi connectivity index (χ4n) is 0. The lowest BCUT2D eigenvalue weighted by Gasteiger charge is -1.76. The first-order chi connectivity index (χ1) is 3.46. The largest absolute Gasteiger partial charge is 0.328 e. The zero-order chi connectivity index (χ0) is 7.15. The van der Waals surface area contributed by atoms with Crippen LogP contribution in [0, 0.1) is 0 Å². The van der Waals surface area contributed by atoms with E-state index in [1.807, 2.05) is 0 Å². The zero-order valence-corrected chi connectivity index (χ0v) is 5.49. The van der Waals surface area contributed by atoms with Crippen LogP contribution in [-0.2, 0) is 4.57 Å². The van der Waals surface area contributed by atoms with Gasteiger partial charge in [0.1, 0.15) is 0 Å². The van der Waals surface area contributed by atoms with Crippen LogP contribution in [0.1, 0.15) is 0 Å². The third-order valence-corrected chi connectivity index (χ3v) is 0. The number of hydrogen-bond acceptors (Lipinski definition) is 4. The van der Waals surface area contributed by atoms with Gasteiger partial charge < -0.3 is 24.5 Å². The molecule has 8 heteroatoms. The van der Waals surface area contributed by atoms with E-state index in [0.717, 1.165) is 0 Å². The minimum atomic E-state index is -3.13. The van der Waals surface area contributed by atoms with E-state index in [1.54, 1.807) is 0 Å². The van der Waals surface area contributed by atoms with Crippen LogP contribution in [0.2, 0.25) is 0 Å². The van der Waals surface area contributed by atoms with Gasteiger partial charge in [-0.1, -0.05) is 0 Å². The quantitative estimate of drug-likeness (QED) is 0.279. The van der Waals surface area contributed by atoms with Gasteiger partial charge in [-0.15, -0.1) is 0 Å². The minimum absolute atomic E-state index is 2.62. The molecule has 0 bridgehead atoms. The number of rotatable bonds is 0. The summed E-state index contributed by atoms with van der Waals surface area (Å²) >= 11 is 0. The van der Waals surface area contributed by atoms with Crippen molar-refractivity contribution in [3.8, 4) is 0 Å². The highest BCUT2D eigenvalue weighted by molar-refractivity contribution is 7.38. The topological polar surface area (TPSA) is 118 Å². The van der Waals surface area contributed by atoms with Gasteiger partial charge in [0.2, 0.25) is 0 Å². The molecular weight excluding hydrogens is 158 g/mol. The summed E-state index contributed by atoms with van der Waals surface area (Å²) in [6.45, 7) is 0. The summed E-state index contributed by atoms with van der Waals surface area (Å²) in [6, 6.07) is 0. The van der Waals surface area contributed by atoms with Gasteiger partial charge in [0, 0.05) is 0 Å². The highest BCUT2D eigenvalue weighted by Gasteiger charge is 1.76. The van der Waals surface area contributed by atoms with E-state index in [-0.39, 0.29) is 0 Å². The van der Waals surface area contributed by atoms with Crippen LogP contribution in [-0.4, -0.2) is 24.5 Å². The molecular formula is H6O6P2.